The van der Waals surface area contributed by atoms with Gasteiger partial charge in [-0.3, -0.25) is 9.36 Å². The zero-order valence-corrected chi connectivity index (χ0v) is 19.6. The van der Waals surface area contributed by atoms with Crippen molar-refractivity contribution in [2.45, 2.75) is 19.9 Å². The van der Waals surface area contributed by atoms with Gasteiger partial charge in [0.25, 0.3) is 5.56 Å². The summed E-state index contributed by atoms with van der Waals surface area (Å²) in [6, 6.07) is 19.2. The third-order valence-electron chi connectivity index (χ3n) is 6.05. The molecular weight excluding hydrogens is 432 g/mol. The standard InChI is InChI=1S/C27H26N2O5/c1-5-34-27(32)22-17(2)28(3)24-21(26(31)33-4)16-20(18-12-8-6-9-13-18)25(30)29(24)23(22)19-14-10-7-11-15-19/h6-16,23H,5H2,1-4H3. The molecule has 2 aromatic carbocycles. The second-order valence-corrected chi connectivity index (χ2v) is 7.92. The maximum absolute atomic E-state index is 14.0. The van der Waals surface area contributed by atoms with Gasteiger partial charge in [0.05, 0.1) is 25.3 Å². The topological polar surface area (TPSA) is 77.8 Å². The predicted molar refractivity (Wildman–Crippen MR) is 130 cm³/mol. The first-order valence-corrected chi connectivity index (χ1v) is 11.0. The Labute approximate surface area is 197 Å². The quantitative estimate of drug-likeness (QED) is 0.534. The van der Waals surface area contributed by atoms with Gasteiger partial charge < -0.3 is 14.4 Å². The van der Waals surface area contributed by atoms with Gasteiger partial charge in [-0.1, -0.05) is 60.7 Å². The fourth-order valence-electron chi connectivity index (χ4n) is 4.38. The Morgan fingerprint density at radius 2 is 1.59 bits per heavy atom. The Balaban J connectivity index is 2.14. The number of hydrogen-bond donors (Lipinski definition) is 0. The Kier molecular flexibility index (Phi) is 6.36. The van der Waals surface area contributed by atoms with Gasteiger partial charge in [0.1, 0.15) is 11.4 Å². The number of anilines is 1. The monoisotopic (exact) mass is 458 g/mol. The van der Waals surface area contributed by atoms with Crippen molar-refractivity contribution in [2.24, 2.45) is 0 Å². The lowest BCUT2D eigenvalue weighted by Crippen LogP contribution is -2.41. The molecule has 3 aromatic rings. The van der Waals surface area contributed by atoms with Gasteiger partial charge in [-0.05, 0) is 31.0 Å². The number of benzene rings is 2. The maximum Gasteiger partial charge on any atom is 0.341 e. The van der Waals surface area contributed by atoms with Crippen LogP contribution in [0.25, 0.3) is 11.1 Å². The number of aromatic nitrogens is 1. The fraction of sp³-hybridized carbons (Fsp3) is 0.222. The lowest BCUT2D eigenvalue weighted by atomic mass is 9.92. The number of fused-ring (bicyclic) bond motifs is 1. The molecule has 0 aliphatic carbocycles. The molecule has 0 N–H and O–H groups in total. The summed E-state index contributed by atoms with van der Waals surface area (Å²) in [5, 5.41) is 0. The summed E-state index contributed by atoms with van der Waals surface area (Å²) >= 11 is 0. The van der Waals surface area contributed by atoms with Crippen molar-refractivity contribution < 1.29 is 19.1 Å². The molecular formula is C27H26N2O5. The highest BCUT2D eigenvalue weighted by atomic mass is 16.5. The average Bonchev–Trinajstić information content (AvgIpc) is 2.86. The summed E-state index contributed by atoms with van der Waals surface area (Å²) in [5.74, 6) is -0.731. The molecule has 2 heterocycles. The molecule has 0 spiro atoms. The van der Waals surface area contributed by atoms with Crippen molar-refractivity contribution in [3.63, 3.8) is 0 Å². The van der Waals surface area contributed by atoms with E-state index in [9.17, 15) is 14.4 Å². The van der Waals surface area contributed by atoms with Crippen molar-refractivity contribution >= 4 is 17.8 Å². The molecule has 7 nitrogen and oxygen atoms in total. The second-order valence-electron chi connectivity index (χ2n) is 7.92. The lowest BCUT2D eigenvalue weighted by molar-refractivity contribution is -0.139. The van der Waals surface area contributed by atoms with E-state index in [-0.39, 0.29) is 17.7 Å². The minimum Gasteiger partial charge on any atom is -0.465 e. The third kappa shape index (κ3) is 3.79. The highest BCUT2D eigenvalue weighted by Crippen LogP contribution is 2.40. The molecule has 0 amide bonds. The van der Waals surface area contributed by atoms with Crippen LogP contribution in [-0.2, 0) is 14.3 Å². The molecule has 1 aromatic heterocycles. The maximum atomic E-state index is 14.0. The smallest absolute Gasteiger partial charge is 0.341 e. The number of carbonyl (C=O) groups is 2. The van der Waals surface area contributed by atoms with E-state index in [2.05, 4.69) is 0 Å². The second kappa shape index (κ2) is 9.39. The number of carbonyl (C=O) groups excluding carboxylic acids is 2. The highest BCUT2D eigenvalue weighted by molar-refractivity contribution is 5.99. The number of methoxy groups -OCH3 is 1. The van der Waals surface area contributed by atoms with Gasteiger partial charge in [0.2, 0.25) is 0 Å². The molecule has 0 saturated heterocycles. The Bertz CT molecular complexity index is 1330. The van der Waals surface area contributed by atoms with Crippen molar-refractivity contribution in [3.8, 4) is 11.1 Å². The largest absolute Gasteiger partial charge is 0.465 e. The van der Waals surface area contributed by atoms with Crippen molar-refractivity contribution in [1.82, 2.24) is 4.57 Å². The van der Waals surface area contributed by atoms with Crippen LogP contribution in [0.2, 0.25) is 0 Å². The zero-order valence-electron chi connectivity index (χ0n) is 19.6. The lowest BCUT2D eigenvalue weighted by Gasteiger charge is -2.38. The van der Waals surface area contributed by atoms with Crippen molar-refractivity contribution in [1.29, 1.82) is 0 Å². The van der Waals surface area contributed by atoms with E-state index < -0.39 is 18.0 Å². The molecule has 0 saturated carbocycles. The summed E-state index contributed by atoms with van der Waals surface area (Å²) < 4.78 is 12.0. The van der Waals surface area contributed by atoms with E-state index in [1.807, 2.05) is 60.7 Å². The van der Waals surface area contributed by atoms with Gasteiger partial charge in [0.15, 0.2) is 0 Å². The summed E-state index contributed by atoms with van der Waals surface area (Å²) in [7, 11) is 3.02. The van der Waals surface area contributed by atoms with E-state index >= 15 is 0 Å². The molecule has 4 rings (SSSR count). The molecule has 0 fully saturated rings. The van der Waals surface area contributed by atoms with Gasteiger partial charge in [-0.25, -0.2) is 9.59 Å². The molecule has 34 heavy (non-hydrogen) atoms. The number of pyridine rings is 1. The minimum absolute atomic E-state index is 0.195. The molecule has 1 atom stereocenters. The number of allylic oxidation sites excluding steroid dienone is 1. The number of rotatable bonds is 5. The van der Waals surface area contributed by atoms with Crippen LogP contribution in [0.1, 0.15) is 35.8 Å². The van der Waals surface area contributed by atoms with Crippen LogP contribution in [0.15, 0.2) is 82.8 Å². The average molecular weight is 459 g/mol. The van der Waals surface area contributed by atoms with E-state index in [4.69, 9.17) is 9.47 Å². The summed E-state index contributed by atoms with van der Waals surface area (Å²) in [4.78, 5) is 41.8. The van der Waals surface area contributed by atoms with Crippen molar-refractivity contribution in [2.75, 3.05) is 25.7 Å². The van der Waals surface area contributed by atoms with Crippen LogP contribution in [0.5, 0.6) is 0 Å². The molecule has 7 heteroatoms. The molecule has 0 bridgehead atoms. The number of nitrogens with zero attached hydrogens (tertiary/aromatic N) is 2. The van der Waals surface area contributed by atoms with Gasteiger partial charge >= 0.3 is 11.9 Å². The van der Waals surface area contributed by atoms with E-state index in [1.54, 1.807) is 31.9 Å². The zero-order chi connectivity index (χ0) is 24.4. The van der Waals surface area contributed by atoms with Crippen LogP contribution in [-0.4, -0.2) is 37.3 Å². The molecule has 1 aliphatic heterocycles. The Morgan fingerprint density at radius 1 is 0.971 bits per heavy atom. The summed E-state index contributed by atoms with van der Waals surface area (Å²) in [5.41, 5.74) is 2.54. The first-order valence-electron chi connectivity index (χ1n) is 11.0. The minimum atomic E-state index is -0.786. The Hall–Kier alpha value is -4.13. The Morgan fingerprint density at radius 3 is 2.18 bits per heavy atom. The number of esters is 2. The predicted octanol–water partition coefficient (Wildman–Crippen LogP) is 4.18. The SMILES string of the molecule is CCOC(=O)C1=C(C)N(C)c2c(C(=O)OC)cc(-c3ccccc3)c(=O)n2C1c1ccccc1. The van der Waals surface area contributed by atoms with Crippen LogP contribution in [0.3, 0.4) is 0 Å². The first kappa shape index (κ1) is 23.0. The van der Waals surface area contributed by atoms with Crippen LogP contribution >= 0.6 is 0 Å². The van der Waals surface area contributed by atoms with E-state index in [0.29, 0.717) is 28.2 Å². The van der Waals surface area contributed by atoms with Crippen LogP contribution in [0.4, 0.5) is 5.82 Å². The normalized spacial score (nSPS) is 15.1. The number of hydrogen-bond acceptors (Lipinski definition) is 6. The van der Waals surface area contributed by atoms with Gasteiger partial charge in [-0.2, -0.15) is 0 Å². The molecule has 0 radical (unpaired) electrons. The highest BCUT2D eigenvalue weighted by Gasteiger charge is 2.39. The van der Waals surface area contributed by atoms with Crippen LogP contribution < -0.4 is 10.5 Å². The van der Waals surface area contributed by atoms with E-state index in [0.717, 1.165) is 5.56 Å². The van der Waals surface area contributed by atoms with Crippen LogP contribution in [0, 0.1) is 0 Å². The molecule has 1 aliphatic rings. The summed E-state index contributed by atoms with van der Waals surface area (Å²) in [6.07, 6.45) is 0. The van der Waals surface area contributed by atoms with Gasteiger partial charge in [0, 0.05) is 18.3 Å². The third-order valence-corrected chi connectivity index (χ3v) is 6.05. The number of ether oxygens (including phenoxy) is 2. The van der Waals surface area contributed by atoms with E-state index in [1.165, 1.54) is 11.7 Å². The van der Waals surface area contributed by atoms with Crippen molar-refractivity contribution in [3.05, 3.63) is 99.5 Å². The summed E-state index contributed by atoms with van der Waals surface area (Å²) in [6.45, 7) is 3.71. The molecule has 174 valence electrons. The van der Waals surface area contributed by atoms with Gasteiger partial charge in [-0.15, -0.1) is 0 Å². The fourth-order valence-corrected chi connectivity index (χ4v) is 4.38. The first-order chi connectivity index (χ1) is 16.4. The molecule has 1 unspecified atom stereocenters.